The Morgan fingerprint density at radius 2 is 1.87 bits per heavy atom. The van der Waals surface area contributed by atoms with Crippen LogP contribution in [0.4, 0.5) is 4.39 Å². The van der Waals surface area contributed by atoms with Gasteiger partial charge in [0.1, 0.15) is 12.0 Å². The smallest absolute Gasteiger partial charge is 0.280 e. The Morgan fingerprint density at radius 3 is 2.55 bits per heavy atom. The van der Waals surface area contributed by atoms with E-state index in [1.807, 2.05) is 13.0 Å². The van der Waals surface area contributed by atoms with Gasteiger partial charge in [-0.25, -0.2) is 4.39 Å². The quantitative estimate of drug-likeness (QED) is 0.481. The molecule has 3 aromatic rings. The lowest BCUT2D eigenvalue weighted by molar-refractivity contribution is -0.00200. The normalized spacial score (nSPS) is 12.9. The lowest BCUT2D eigenvalue weighted by atomic mass is 9.88. The van der Waals surface area contributed by atoms with Crippen LogP contribution in [-0.2, 0) is 0 Å². The third-order valence-corrected chi connectivity index (χ3v) is 5.03. The number of amides is 1. The number of aromatic nitrogens is 2. The molecular formula is C23H24FN3O4. The molecule has 0 aliphatic carbocycles. The third kappa shape index (κ3) is 4.97. The Balaban J connectivity index is 2.08. The second-order valence-corrected chi connectivity index (χ2v) is 7.16. The van der Waals surface area contributed by atoms with Crippen LogP contribution in [0.2, 0.25) is 0 Å². The zero-order chi connectivity index (χ0) is 22.4. The van der Waals surface area contributed by atoms with E-state index in [-0.39, 0.29) is 6.54 Å². The van der Waals surface area contributed by atoms with Gasteiger partial charge in [0.2, 0.25) is 0 Å². The van der Waals surface area contributed by atoms with Crippen LogP contribution in [0.15, 0.2) is 65.6 Å². The maximum Gasteiger partial charge on any atom is 0.280 e. The van der Waals surface area contributed by atoms with Crippen LogP contribution in [0, 0.1) is 5.82 Å². The molecule has 3 N–H and O–H groups in total. The van der Waals surface area contributed by atoms with Gasteiger partial charge in [-0.1, -0.05) is 55.8 Å². The van der Waals surface area contributed by atoms with Crippen LogP contribution in [0.5, 0.6) is 5.75 Å². The minimum atomic E-state index is -1.41. The van der Waals surface area contributed by atoms with E-state index in [9.17, 15) is 24.2 Å². The largest absolute Gasteiger partial charge is 0.503 e. The second kappa shape index (κ2) is 9.99. The summed E-state index contributed by atoms with van der Waals surface area (Å²) >= 11 is 0. The molecule has 2 atom stereocenters. The summed E-state index contributed by atoms with van der Waals surface area (Å²) < 4.78 is 14.0. The van der Waals surface area contributed by atoms with Crippen molar-refractivity contribution in [3.05, 3.63) is 93.7 Å². The zero-order valence-electron chi connectivity index (χ0n) is 17.0. The lowest BCUT2D eigenvalue weighted by Crippen LogP contribution is -2.46. The van der Waals surface area contributed by atoms with Gasteiger partial charge in [-0.2, -0.15) is 5.10 Å². The standard InChI is InChI=1S/C23H24FN3O4/c1-2-3-12-27(23(31)20-21(29)18(28)14-25-26-20)22(30)19(15-8-5-4-6-9-15)16-10-7-11-17(24)13-16/h4-11,13-14,19,22,30H,2-3,12H2,1H3,(H,25,29)(H,26,28)/t19-,22-/m1/s1. The summed E-state index contributed by atoms with van der Waals surface area (Å²) in [6.07, 6.45) is 0.859. The van der Waals surface area contributed by atoms with Gasteiger partial charge in [-0.05, 0) is 29.7 Å². The summed E-state index contributed by atoms with van der Waals surface area (Å²) in [6.45, 7) is 2.07. The molecule has 3 rings (SSSR count). The average Bonchev–Trinajstić information content (AvgIpc) is 2.77. The highest BCUT2D eigenvalue weighted by molar-refractivity contribution is 5.92. The number of unbranched alkanes of at least 4 members (excludes halogenated alkanes) is 1. The number of nitrogens with one attached hydrogen (secondary N) is 1. The number of H-pyrrole nitrogens is 1. The zero-order valence-corrected chi connectivity index (χ0v) is 17.0. The van der Waals surface area contributed by atoms with Gasteiger partial charge in [0, 0.05) is 6.54 Å². The Labute approximate surface area is 178 Å². The molecule has 0 bridgehead atoms. The van der Waals surface area contributed by atoms with Gasteiger partial charge in [0.25, 0.3) is 11.3 Å². The molecule has 0 aliphatic heterocycles. The number of hydrogen-bond acceptors (Lipinski definition) is 5. The molecule has 1 heterocycles. The van der Waals surface area contributed by atoms with Crippen molar-refractivity contribution < 1.29 is 19.4 Å². The van der Waals surface area contributed by atoms with Crippen LogP contribution in [0.25, 0.3) is 0 Å². The monoisotopic (exact) mass is 425 g/mol. The Morgan fingerprint density at radius 1 is 1.16 bits per heavy atom. The van der Waals surface area contributed by atoms with Gasteiger partial charge >= 0.3 is 0 Å². The number of halogens is 1. The van der Waals surface area contributed by atoms with E-state index < -0.39 is 40.7 Å². The van der Waals surface area contributed by atoms with Crippen molar-refractivity contribution in [1.82, 2.24) is 15.1 Å². The van der Waals surface area contributed by atoms with Gasteiger partial charge in [-0.15, -0.1) is 0 Å². The molecule has 0 saturated heterocycles. The predicted molar refractivity (Wildman–Crippen MR) is 113 cm³/mol. The molecule has 0 unspecified atom stereocenters. The molecule has 0 radical (unpaired) electrons. The van der Waals surface area contributed by atoms with E-state index in [1.54, 1.807) is 30.3 Å². The molecule has 7 nitrogen and oxygen atoms in total. The molecule has 1 amide bonds. The molecule has 8 heteroatoms. The van der Waals surface area contributed by atoms with Gasteiger partial charge in [-0.3, -0.25) is 14.7 Å². The number of carbonyl (C=O) groups excluding carboxylic acids is 1. The maximum absolute atomic E-state index is 14.0. The number of benzene rings is 2. The van der Waals surface area contributed by atoms with Gasteiger partial charge in [0.05, 0.1) is 12.1 Å². The number of carbonyl (C=O) groups is 1. The lowest BCUT2D eigenvalue weighted by Gasteiger charge is -2.34. The van der Waals surface area contributed by atoms with E-state index in [1.165, 1.54) is 18.2 Å². The maximum atomic E-state index is 14.0. The highest BCUT2D eigenvalue weighted by Crippen LogP contribution is 2.31. The van der Waals surface area contributed by atoms with Gasteiger partial charge in [0.15, 0.2) is 11.4 Å². The van der Waals surface area contributed by atoms with Crippen LogP contribution < -0.4 is 5.43 Å². The van der Waals surface area contributed by atoms with Crippen molar-refractivity contribution in [2.24, 2.45) is 0 Å². The molecule has 1 aromatic heterocycles. The molecular weight excluding hydrogens is 401 g/mol. The fourth-order valence-corrected chi connectivity index (χ4v) is 3.44. The van der Waals surface area contributed by atoms with Crippen molar-refractivity contribution in [2.75, 3.05) is 6.54 Å². The van der Waals surface area contributed by atoms with Crippen LogP contribution >= 0.6 is 0 Å². The number of nitrogens with zero attached hydrogens (tertiary/aromatic N) is 2. The number of hydrogen-bond donors (Lipinski definition) is 3. The van der Waals surface area contributed by atoms with Crippen molar-refractivity contribution in [3.8, 4) is 5.75 Å². The Kier molecular flexibility index (Phi) is 7.15. The molecule has 2 aromatic carbocycles. The summed E-state index contributed by atoms with van der Waals surface area (Å²) in [6, 6.07) is 14.8. The number of aliphatic hydroxyl groups excluding tert-OH is 1. The van der Waals surface area contributed by atoms with Crippen molar-refractivity contribution in [2.45, 2.75) is 31.9 Å². The summed E-state index contributed by atoms with van der Waals surface area (Å²) in [5, 5.41) is 27.1. The average molecular weight is 425 g/mol. The minimum absolute atomic E-state index is 0.145. The topological polar surface area (TPSA) is 107 Å². The van der Waals surface area contributed by atoms with Crippen molar-refractivity contribution in [1.29, 1.82) is 0 Å². The summed E-state index contributed by atoms with van der Waals surface area (Å²) in [5.41, 5.74) is -0.306. The number of aromatic amines is 1. The van der Waals surface area contributed by atoms with Crippen molar-refractivity contribution >= 4 is 5.91 Å². The third-order valence-electron chi connectivity index (χ3n) is 5.03. The minimum Gasteiger partial charge on any atom is -0.503 e. The fourth-order valence-electron chi connectivity index (χ4n) is 3.44. The first-order valence-corrected chi connectivity index (χ1v) is 10.0. The molecule has 0 fully saturated rings. The van der Waals surface area contributed by atoms with E-state index in [0.717, 1.165) is 17.5 Å². The SMILES string of the molecule is CCCCN(C(=O)c1n[nH]cc(O)c1=O)[C@H](O)[C@H](c1ccccc1)c1cccc(F)c1. The molecule has 0 saturated carbocycles. The summed E-state index contributed by atoms with van der Waals surface area (Å²) in [7, 11) is 0. The number of rotatable bonds is 8. The highest BCUT2D eigenvalue weighted by atomic mass is 19.1. The van der Waals surface area contributed by atoms with E-state index >= 15 is 0 Å². The van der Waals surface area contributed by atoms with Gasteiger partial charge < -0.3 is 15.1 Å². The first kappa shape index (κ1) is 22.2. The summed E-state index contributed by atoms with van der Waals surface area (Å²) in [5.74, 6) is -2.71. The van der Waals surface area contributed by atoms with E-state index in [4.69, 9.17) is 0 Å². The highest BCUT2D eigenvalue weighted by Gasteiger charge is 2.33. The van der Waals surface area contributed by atoms with Crippen LogP contribution in [0.3, 0.4) is 0 Å². The van der Waals surface area contributed by atoms with Crippen LogP contribution in [0.1, 0.15) is 47.3 Å². The van der Waals surface area contributed by atoms with E-state index in [2.05, 4.69) is 10.2 Å². The first-order chi connectivity index (χ1) is 14.9. The fraction of sp³-hybridized carbons (Fsp3) is 0.261. The molecule has 31 heavy (non-hydrogen) atoms. The Hall–Kier alpha value is -3.52. The van der Waals surface area contributed by atoms with Crippen molar-refractivity contribution in [3.63, 3.8) is 0 Å². The molecule has 162 valence electrons. The molecule has 0 spiro atoms. The predicted octanol–water partition coefficient (Wildman–Crippen LogP) is 3.01. The van der Waals surface area contributed by atoms with E-state index in [0.29, 0.717) is 17.5 Å². The number of aromatic hydroxyl groups is 1. The number of aliphatic hydroxyl groups is 1. The van der Waals surface area contributed by atoms with Crippen LogP contribution in [-0.4, -0.2) is 44.0 Å². The molecule has 0 aliphatic rings. The first-order valence-electron chi connectivity index (χ1n) is 10.0. The summed E-state index contributed by atoms with van der Waals surface area (Å²) in [4.78, 5) is 26.6. The second-order valence-electron chi connectivity index (χ2n) is 7.16. The Bertz CT molecular complexity index is 1090.